The molecule has 5 aromatic rings. The number of rotatable bonds is 0. The first-order chi connectivity index (χ1) is 18.6. The second-order valence-electron chi connectivity index (χ2n) is 9.65. The van der Waals surface area contributed by atoms with Crippen LogP contribution in [0.15, 0.2) is 119 Å². The lowest BCUT2D eigenvalue weighted by atomic mass is 9.62. The first kappa shape index (κ1) is 21.2. The Morgan fingerprint density at radius 3 is 2.16 bits per heavy atom. The highest BCUT2D eigenvalue weighted by Crippen LogP contribution is 2.65. The zero-order valence-electron chi connectivity index (χ0n) is 19.9. The summed E-state index contributed by atoms with van der Waals surface area (Å²) < 4.78 is 34.4. The fourth-order valence-electron chi connectivity index (χ4n) is 6.47. The fraction of sp³-hybridized carbons (Fsp3) is 0.0312. The molecule has 3 heterocycles. The third-order valence-electron chi connectivity index (χ3n) is 7.88. The maximum Gasteiger partial charge on any atom is 0.207 e. The number of nitriles is 1. The van der Waals surface area contributed by atoms with Crippen LogP contribution in [-0.2, 0) is 15.3 Å². The largest absolute Gasteiger partial charge is 0.453 e. The number of ether oxygens (including phenoxy) is 1. The molecule has 0 N–H and O–H groups in total. The van der Waals surface area contributed by atoms with Crippen molar-refractivity contribution in [3.63, 3.8) is 0 Å². The average Bonchev–Trinajstić information content (AvgIpc) is 2.96. The number of anilines is 3. The van der Waals surface area contributed by atoms with Crippen molar-refractivity contribution in [2.24, 2.45) is 0 Å². The van der Waals surface area contributed by atoms with E-state index in [0.29, 0.717) is 22.4 Å². The third kappa shape index (κ3) is 2.37. The second kappa shape index (κ2) is 7.12. The van der Waals surface area contributed by atoms with Gasteiger partial charge in [0.15, 0.2) is 11.5 Å². The summed E-state index contributed by atoms with van der Waals surface area (Å²) in [6, 6.07) is 36.4. The van der Waals surface area contributed by atoms with Gasteiger partial charge < -0.3 is 9.64 Å². The maximum absolute atomic E-state index is 14.0. The van der Waals surface area contributed by atoms with Crippen LogP contribution in [0.2, 0.25) is 0 Å². The Morgan fingerprint density at radius 1 is 0.658 bits per heavy atom. The lowest BCUT2D eigenvalue weighted by Gasteiger charge is -2.50. The highest BCUT2D eigenvalue weighted by Gasteiger charge is 2.54. The minimum Gasteiger partial charge on any atom is -0.453 e. The van der Waals surface area contributed by atoms with Crippen LogP contribution in [0, 0.1) is 11.3 Å². The molecule has 180 valence electrons. The van der Waals surface area contributed by atoms with Gasteiger partial charge >= 0.3 is 0 Å². The van der Waals surface area contributed by atoms with Gasteiger partial charge in [-0.2, -0.15) is 5.26 Å². The number of sulfone groups is 1. The van der Waals surface area contributed by atoms with Gasteiger partial charge in [0.05, 0.1) is 43.9 Å². The average molecular weight is 511 g/mol. The number of hydrogen-bond donors (Lipinski definition) is 0. The van der Waals surface area contributed by atoms with Crippen LogP contribution in [0.1, 0.15) is 27.8 Å². The number of para-hydroxylation sites is 4. The summed E-state index contributed by atoms with van der Waals surface area (Å²) in [5, 5.41) is 9.86. The van der Waals surface area contributed by atoms with E-state index in [0.717, 1.165) is 33.9 Å². The minimum absolute atomic E-state index is 0.216. The van der Waals surface area contributed by atoms with Crippen molar-refractivity contribution in [2.45, 2.75) is 15.2 Å². The Bertz CT molecular complexity index is 2010. The van der Waals surface area contributed by atoms with Crippen LogP contribution in [0.4, 0.5) is 17.1 Å². The molecule has 0 saturated carbocycles. The molecule has 1 atom stereocenters. The lowest BCUT2D eigenvalue weighted by molar-refractivity contribution is 0.473. The molecule has 6 heteroatoms. The van der Waals surface area contributed by atoms with Crippen LogP contribution >= 0.6 is 0 Å². The highest BCUT2D eigenvalue weighted by molar-refractivity contribution is 7.91. The molecule has 0 radical (unpaired) electrons. The first-order valence-corrected chi connectivity index (χ1v) is 13.7. The smallest absolute Gasteiger partial charge is 0.207 e. The topological polar surface area (TPSA) is 70.4 Å². The Balaban J connectivity index is 1.62. The standard InChI is InChI=1S/C32H18N2O3S/c33-19-20-16-17-30-24(18-20)32(22-9-2-6-15-29(22)38(30,35)36)21-8-1-3-11-25(21)34-26-12-4-5-13-27(26)37-28-14-7-10-23(32)31(28)34/h1-18H. The SMILES string of the molecule is N#Cc1ccc2c(c1)C1(c3ccccc3N3c4ccccc4Oc4cccc1c43)c1ccccc1S2(=O)=O. The maximum atomic E-state index is 14.0. The van der Waals surface area contributed by atoms with Crippen LogP contribution in [-0.4, -0.2) is 8.42 Å². The molecule has 0 bridgehead atoms. The molecule has 5 nitrogen and oxygen atoms in total. The van der Waals surface area contributed by atoms with Gasteiger partial charge in [-0.05, 0) is 70.8 Å². The monoisotopic (exact) mass is 510 g/mol. The van der Waals surface area contributed by atoms with Crippen molar-refractivity contribution >= 4 is 26.9 Å². The Kier molecular flexibility index (Phi) is 3.98. The summed E-state index contributed by atoms with van der Waals surface area (Å²) in [6.45, 7) is 0. The number of hydrogen-bond acceptors (Lipinski definition) is 5. The number of nitrogens with zero attached hydrogens (tertiary/aromatic N) is 2. The summed E-state index contributed by atoms with van der Waals surface area (Å²) in [6.07, 6.45) is 0. The van der Waals surface area contributed by atoms with E-state index in [9.17, 15) is 13.7 Å². The quantitative estimate of drug-likeness (QED) is 0.220. The van der Waals surface area contributed by atoms with Gasteiger partial charge in [0, 0.05) is 0 Å². The van der Waals surface area contributed by atoms with E-state index in [4.69, 9.17) is 4.74 Å². The van der Waals surface area contributed by atoms with Gasteiger partial charge in [-0.15, -0.1) is 0 Å². The van der Waals surface area contributed by atoms with Crippen LogP contribution in [0.25, 0.3) is 0 Å². The van der Waals surface area contributed by atoms with E-state index in [1.807, 2.05) is 60.7 Å². The van der Waals surface area contributed by atoms with E-state index < -0.39 is 15.3 Å². The zero-order chi connectivity index (χ0) is 25.6. The number of benzene rings is 5. The van der Waals surface area contributed by atoms with E-state index >= 15 is 0 Å². The van der Waals surface area contributed by atoms with Gasteiger partial charge in [0.2, 0.25) is 9.84 Å². The summed E-state index contributed by atoms with van der Waals surface area (Å²) in [4.78, 5) is 2.70. The molecule has 1 unspecified atom stereocenters. The van der Waals surface area contributed by atoms with Crippen LogP contribution < -0.4 is 9.64 Å². The Labute approximate surface area is 219 Å². The molecule has 0 amide bonds. The molecule has 0 aliphatic carbocycles. The van der Waals surface area contributed by atoms with Crippen molar-refractivity contribution in [2.75, 3.05) is 4.90 Å². The van der Waals surface area contributed by atoms with Crippen LogP contribution in [0.3, 0.4) is 0 Å². The van der Waals surface area contributed by atoms with Gasteiger partial charge in [-0.25, -0.2) is 8.42 Å². The molecular weight excluding hydrogens is 492 g/mol. The Morgan fingerprint density at radius 2 is 1.32 bits per heavy atom. The predicted molar refractivity (Wildman–Crippen MR) is 143 cm³/mol. The molecule has 0 aromatic heterocycles. The van der Waals surface area contributed by atoms with Gasteiger partial charge in [0.25, 0.3) is 0 Å². The third-order valence-corrected chi connectivity index (χ3v) is 9.75. The second-order valence-corrected chi connectivity index (χ2v) is 11.5. The molecule has 3 aliphatic heterocycles. The van der Waals surface area contributed by atoms with Crippen molar-refractivity contribution < 1.29 is 13.2 Å². The Hall–Kier alpha value is -4.86. The van der Waals surface area contributed by atoms with Gasteiger partial charge in [-0.3, -0.25) is 0 Å². The summed E-state index contributed by atoms with van der Waals surface area (Å²) >= 11 is 0. The van der Waals surface area contributed by atoms with Gasteiger partial charge in [0.1, 0.15) is 0 Å². The lowest BCUT2D eigenvalue weighted by Crippen LogP contribution is -2.42. The van der Waals surface area contributed by atoms with Gasteiger partial charge in [-0.1, -0.05) is 60.7 Å². The van der Waals surface area contributed by atoms with E-state index in [1.54, 1.807) is 30.3 Å². The van der Waals surface area contributed by atoms with E-state index in [-0.39, 0.29) is 9.79 Å². The highest BCUT2D eigenvalue weighted by atomic mass is 32.2. The molecule has 38 heavy (non-hydrogen) atoms. The van der Waals surface area contributed by atoms with E-state index in [1.165, 1.54) is 0 Å². The number of fused-ring (bicyclic) bond motifs is 10. The molecule has 5 aromatic carbocycles. The molecule has 3 aliphatic rings. The molecule has 8 rings (SSSR count). The normalized spacial score (nSPS) is 18.7. The fourth-order valence-corrected chi connectivity index (χ4v) is 8.22. The summed E-state index contributed by atoms with van der Waals surface area (Å²) in [5.41, 5.74) is 5.23. The molecule has 0 saturated heterocycles. The molecule has 1 spiro atoms. The van der Waals surface area contributed by atoms with Crippen molar-refractivity contribution in [3.8, 4) is 17.6 Å². The summed E-state index contributed by atoms with van der Waals surface area (Å²) in [7, 11) is -3.82. The predicted octanol–water partition coefficient (Wildman–Crippen LogP) is 6.98. The molecule has 0 fully saturated rings. The zero-order valence-corrected chi connectivity index (χ0v) is 20.7. The van der Waals surface area contributed by atoms with Crippen molar-refractivity contribution in [3.05, 3.63) is 137 Å². The van der Waals surface area contributed by atoms with Crippen molar-refractivity contribution in [1.29, 1.82) is 5.26 Å². The minimum atomic E-state index is -3.82. The first-order valence-electron chi connectivity index (χ1n) is 12.3. The van der Waals surface area contributed by atoms with Crippen LogP contribution in [0.5, 0.6) is 11.5 Å². The van der Waals surface area contributed by atoms with E-state index in [2.05, 4.69) is 29.2 Å². The van der Waals surface area contributed by atoms with Crippen molar-refractivity contribution in [1.82, 2.24) is 0 Å². The molecular formula is C32H18N2O3S. The summed E-state index contributed by atoms with van der Waals surface area (Å²) in [5.74, 6) is 1.45.